The number of nitrogens with zero attached hydrogens (tertiary/aromatic N) is 4. The molecule has 23 heavy (non-hydrogen) atoms. The molecule has 0 N–H and O–H groups in total. The Bertz CT molecular complexity index is 868. The lowest BCUT2D eigenvalue weighted by atomic mass is 10.1. The first-order valence-corrected chi connectivity index (χ1v) is 7.51. The second kappa shape index (κ2) is 5.39. The molecule has 1 amide bonds. The summed E-state index contributed by atoms with van der Waals surface area (Å²) in [6, 6.07) is 11.5. The SMILES string of the molecule is Cc1cccc(OC2CN(C(=O)c3ccn4ncnc4c3)C2)c1. The largest absolute Gasteiger partial charge is 0.487 e. The number of carbonyl (C=O) groups is 1. The highest BCUT2D eigenvalue weighted by atomic mass is 16.5. The predicted molar refractivity (Wildman–Crippen MR) is 84.5 cm³/mol. The third-order valence-corrected chi connectivity index (χ3v) is 3.96. The van der Waals surface area contributed by atoms with E-state index in [0.29, 0.717) is 24.3 Å². The van der Waals surface area contributed by atoms with Gasteiger partial charge in [-0.25, -0.2) is 9.50 Å². The van der Waals surface area contributed by atoms with Crippen LogP contribution in [0.5, 0.6) is 5.75 Å². The molecular weight excluding hydrogens is 292 g/mol. The topological polar surface area (TPSA) is 59.7 Å². The van der Waals surface area contributed by atoms with Gasteiger partial charge in [0.05, 0.1) is 13.1 Å². The Morgan fingerprint density at radius 2 is 2.13 bits per heavy atom. The molecule has 1 aliphatic rings. The van der Waals surface area contributed by atoms with Crippen LogP contribution in [-0.2, 0) is 0 Å². The first-order valence-electron chi connectivity index (χ1n) is 7.51. The van der Waals surface area contributed by atoms with E-state index in [4.69, 9.17) is 4.74 Å². The highest BCUT2D eigenvalue weighted by Gasteiger charge is 2.33. The maximum atomic E-state index is 12.5. The Hall–Kier alpha value is -2.89. The van der Waals surface area contributed by atoms with Crippen LogP contribution < -0.4 is 4.74 Å². The van der Waals surface area contributed by atoms with Crippen molar-refractivity contribution in [2.24, 2.45) is 0 Å². The van der Waals surface area contributed by atoms with Crippen molar-refractivity contribution in [1.82, 2.24) is 19.5 Å². The van der Waals surface area contributed by atoms with Crippen LogP contribution in [0.2, 0.25) is 0 Å². The van der Waals surface area contributed by atoms with Gasteiger partial charge in [0.25, 0.3) is 5.91 Å². The Kier molecular flexibility index (Phi) is 3.22. The zero-order valence-electron chi connectivity index (χ0n) is 12.7. The fraction of sp³-hybridized carbons (Fsp3) is 0.235. The number of likely N-dealkylation sites (tertiary alicyclic amines) is 1. The molecule has 0 radical (unpaired) electrons. The van der Waals surface area contributed by atoms with Crippen LogP contribution in [0.15, 0.2) is 48.9 Å². The van der Waals surface area contributed by atoms with Gasteiger partial charge in [-0.2, -0.15) is 5.10 Å². The van der Waals surface area contributed by atoms with Crippen molar-refractivity contribution in [2.45, 2.75) is 13.0 Å². The third kappa shape index (κ3) is 2.63. The average molecular weight is 308 g/mol. The van der Waals surface area contributed by atoms with Gasteiger partial charge in [0, 0.05) is 11.8 Å². The summed E-state index contributed by atoms with van der Waals surface area (Å²) in [5.41, 5.74) is 2.46. The van der Waals surface area contributed by atoms with Gasteiger partial charge in [0.15, 0.2) is 5.65 Å². The number of amides is 1. The van der Waals surface area contributed by atoms with E-state index in [-0.39, 0.29) is 12.0 Å². The zero-order valence-corrected chi connectivity index (χ0v) is 12.7. The molecule has 1 saturated heterocycles. The number of benzene rings is 1. The minimum absolute atomic E-state index is 0.000378. The molecular formula is C17H16N4O2. The average Bonchev–Trinajstić information content (AvgIpc) is 2.97. The minimum Gasteiger partial charge on any atom is -0.487 e. The lowest BCUT2D eigenvalue weighted by molar-refractivity contribution is 0.0178. The van der Waals surface area contributed by atoms with Crippen molar-refractivity contribution in [3.8, 4) is 5.75 Å². The zero-order chi connectivity index (χ0) is 15.8. The summed E-state index contributed by atoms with van der Waals surface area (Å²) in [6.07, 6.45) is 3.27. The fourth-order valence-electron chi connectivity index (χ4n) is 2.69. The van der Waals surface area contributed by atoms with E-state index < -0.39 is 0 Å². The van der Waals surface area contributed by atoms with E-state index in [0.717, 1.165) is 11.3 Å². The van der Waals surface area contributed by atoms with E-state index in [9.17, 15) is 4.79 Å². The van der Waals surface area contributed by atoms with Gasteiger partial charge in [-0.05, 0) is 36.8 Å². The van der Waals surface area contributed by atoms with Crippen LogP contribution in [0.1, 0.15) is 15.9 Å². The number of carbonyl (C=O) groups excluding carboxylic acids is 1. The summed E-state index contributed by atoms with van der Waals surface area (Å²) in [7, 11) is 0. The summed E-state index contributed by atoms with van der Waals surface area (Å²) >= 11 is 0. The number of fused-ring (bicyclic) bond motifs is 1. The van der Waals surface area contributed by atoms with Gasteiger partial charge in [-0.3, -0.25) is 4.79 Å². The van der Waals surface area contributed by atoms with Gasteiger partial charge in [0.2, 0.25) is 0 Å². The van der Waals surface area contributed by atoms with E-state index in [1.54, 1.807) is 27.7 Å². The maximum absolute atomic E-state index is 12.5. The first-order chi connectivity index (χ1) is 11.2. The molecule has 0 unspecified atom stereocenters. The monoisotopic (exact) mass is 308 g/mol. The van der Waals surface area contributed by atoms with E-state index in [1.807, 2.05) is 31.2 Å². The summed E-state index contributed by atoms with van der Waals surface area (Å²) < 4.78 is 7.52. The first kappa shape index (κ1) is 13.8. The molecule has 116 valence electrons. The summed E-state index contributed by atoms with van der Waals surface area (Å²) in [6.45, 7) is 3.24. The summed E-state index contributed by atoms with van der Waals surface area (Å²) in [5, 5.41) is 4.02. The lowest BCUT2D eigenvalue weighted by Crippen LogP contribution is -2.56. The number of hydrogen-bond donors (Lipinski definition) is 0. The van der Waals surface area contributed by atoms with E-state index in [2.05, 4.69) is 10.1 Å². The van der Waals surface area contributed by atoms with E-state index >= 15 is 0 Å². The maximum Gasteiger partial charge on any atom is 0.254 e. The Morgan fingerprint density at radius 1 is 1.26 bits per heavy atom. The second-order valence-electron chi connectivity index (χ2n) is 5.74. The van der Waals surface area contributed by atoms with Gasteiger partial charge in [-0.15, -0.1) is 0 Å². The molecule has 1 aliphatic heterocycles. The van der Waals surface area contributed by atoms with Gasteiger partial charge < -0.3 is 9.64 Å². The second-order valence-corrected chi connectivity index (χ2v) is 5.74. The molecule has 0 atom stereocenters. The lowest BCUT2D eigenvalue weighted by Gasteiger charge is -2.39. The molecule has 0 aliphatic carbocycles. The Labute approximate surface area is 133 Å². The van der Waals surface area contributed by atoms with Crippen LogP contribution in [-0.4, -0.2) is 44.6 Å². The predicted octanol–water partition coefficient (Wildman–Crippen LogP) is 1.94. The molecule has 0 bridgehead atoms. The van der Waals surface area contributed by atoms with Crippen molar-refractivity contribution in [2.75, 3.05) is 13.1 Å². The molecule has 3 aromatic rings. The molecule has 1 aromatic carbocycles. The van der Waals surface area contributed by atoms with Crippen LogP contribution in [0, 0.1) is 6.92 Å². The van der Waals surface area contributed by atoms with Crippen molar-refractivity contribution in [3.05, 3.63) is 60.0 Å². The molecule has 2 aromatic heterocycles. The van der Waals surface area contributed by atoms with Crippen molar-refractivity contribution in [1.29, 1.82) is 0 Å². The van der Waals surface area contributed by atoms with Crippen LogP contribution in [0.25, 0.3) is 5.65 Å². The number of ether oxygens (including phenoxy) is 1. The molecule has 0 saturated carbocycles. The number of rotatable bonds is 3. The Morgan fingerprint density at radius 3 is 2.96 bits per heavy atom. The van der Waals surface area contributed by atoms with Gasteiger partial charge >= 0.3 is 0 Å². The minimum atomic E-state index is -0.000378. The van der Waals surface area contributed by atoms with Crippen molar-refractivity contribution >= 4 is 11.6 Å². The highest BCUT2D eigenvalue weighted by Crippen LogP contribution is 2.21. The van der Waals surface area contributed by atoms with Crippen LogP contribution >= 0.6 is 0 Å². The molecule has 6 nitrogen and oxygen atoms in total. The fourth-order valence-corrected chi connectivity index (χ4v) is 2.69. The molecule has 4 rings (SSSR count). The summed E-state index contributed by atoms with van der Waals surface area (Å²) in [5.74, 6) is 0.853. The molecule has 3 heterocycles. The molecule has 6 heteroatoms. The highest BCUT2D eigenvalue weighted by molar-refractivity contribution is 5.95. The molecule has 0 spiro atoms. The van der Waals surface area contributed by atoms with E-state index in [1.165, 1.54) is 6.33 Å². The standard InChI is InChI=1S/C17H16N4O2/c1-12-3-2-4-14(7-12)23-15-9-20(10-15)17(22)13-5-6-21-16(8-13)18-11-19-21/h2-8,11,15H,9-10H2,1H3. The number of aromatic nitrogens is 3. The quantitative estimate of drug-likeness (QED) is 0.742. The van der Waals surface area contributed by atoms with Crippen LogP contribution in [0.4, 0.5) is 0 Å². The summed E-state index contributed by atoms with van der Waals surface area (Å²) in [4.78, 5) is 18.3. The number of aryl methyl sites for hydroxylation is 1. The molecule has 1 fully saturated rings. The number of hydrogen-bond acceptors (Lipinski definition) is 4. The smallest absolute Gasteiger partial charge is 0.254 e. The van der Waals surface area contributed by atoms with Crippen LogP contribution in [0.3, 0.4) is 0 Å². The number of pyridine rings is 1. The van der Waals surface area contributed by atoms with Crippen molar-refractivity contribution < 1.29 is 9.53 Å². The third-order valence-electron chi connectivity index (χ3n) is 3.96. The van der Waals surface area contributed by atoms with Crippen molar-refractivity contribution in [3.63, 3.8) is 0 Å². The normalized spacial score (nSPS) is 14.7. The van der Waals surface area contributed by atoms with Gasteiger partial charge in [-0.1, -0.05) is 12.1 Å². The van der Waals surface area contributed by atoms with Gasteiger partial charge in [0.1, 0.15) is 18.2 Å². The Balaban J connectivity index is 1.40.